The number of rotatable bonds is 1. The van der Waals surface area contributed by atoms with Gasteiger partial charge in [0.2, 0.25) is 0 Å². The molecule has 0 aliphatic carbocycles. The van der Waals surface area contributed by atoms with Crippen molar-refractivity contribution in [1.82, 2.24) is 4.90 Å². The third-order valence-electron chi connectivity index (χ3n) is 1.08. The lowest BCUT2D eigenvalue weighted by Crippen LogP contribution is -1.99. The van der Waals surface area contributed by atoms with Gasteiger partial charge in [-0.25, -0.2) is 0 Å². The molecule has 1 aromatic rings. The molecule has 0 amide bonds. The Bertz CT molecular complexity index is 182. The van der Waals surface area contributed by atoms with Crippen LogP contribution in [-0.2, 0) is 6.32 Å². The summed E-state index contributed by atoms with van der Waals surface area (Å²) in [6.45, 7) is 0. The zero-order valence-corrected chi connectivity index (χ0v) is 8.12. The van der Waals surface area contributed by atoms with Crippen LogP contribution in [0.1, 0.15) is 5.56 Å². The Hall–Kier alpha value is -0.755. The van der Waals surface area contributed by atoms with E-state index in [1.54, 1.807) is 0 Å². The van der Waals surface area contributed by atoms with E-state index in [0.717, 1.165) is 0 Å². The molecule has 0 bridgehead atoms. The van der Waals surface area contributed by atoms with E-state index in [-0.39, 0.29) is 0 Å². The fraction of sp³-hybridized carbons (Fsp3) is 0.400. The number of hydrogen-bond donors (Lipinski definition) is 0. The predicted molar refractivity (Wildman–Crippen MR) is 55.5 cm³/mol. The van der Waals surface area contributed by atoms with E-state index in [1.807, 2.05) is 56.4 Å². The van der Waals surface area contributed by atoms with Crippen molar-refractivity contribution in [1.29, 1.82) is 0 Å². The standard InChI is InChI=1S/C7H7B.C3H9N/c8-6-7-4-2-1-3-5-7;1-4(2)3/h1-5H,6H2;1-3H3. The smallest absolute Gasteiger partial charge is 0.0716 e. The van der Waals surface area contributed by atoms with Gasteiger partial charge in [0.05, 0.1) is 7.85 Å². The van der Waals surface area contributed by atoms with Gasteiger partial charge < -0.3 is 4.90 Å². The Kier molecular flexibility index (Phi) is 6.49. The Balaban J connectivity index is 0.000000261. The topological polar surface area (TPSA) is 3.24 Å². The van der Waals surface area contributed by atoms with E-state index in [1.165, 1.54) is 5.56 Å². The SMILES string of the molecule is CN(C)C.[B]Cc1ccccc1. The van der Waals surface area contributed by atoms with Crippen molar-refractivity contribution in [2.24, 2.45) is 0 Å². The molecule has 1 rings (SSSR count). The minimum atomic E-state index is 0.640. The summed E-state index contributed by atoms with van der Waals surface area (Å²) in [5, 5.41) is 0. The average Bonchev–Trinajstić information content (AvgIpc) is 2.05. The zero-order valence-electron chi connectivity index (χ0n) is 8.12. The van der Waals surface area contributed by atoms with Crippen molar-refractivity contribution in [3.63, 3.8) is 0 Å². The molecular formula is C10H16BN. The third-order valence-corrected chi connectivity index (χ3v) is 1.08. The molecule has 0 aromatic heterocycles. The second kappa shape index (κ2) is 6.92. The zero-order chi connectivity index (χ0) is 9.40. The molecule has 64 valence electrons. The van der Waals surface area contributed by atoms with Crippen molar-refractivity contribution in [3.05, 3.63) is 35.9 Å². The van der Waals surface area contributed by atoms with Gasteiger partial charge in [-0.05, 0) is 21.1 Å². The number of benzene rings is 1. The van der Waals surface area contributed by atoms with Gasteiger partial charge in [0.15, 0.2) is 0 Å². The van der Waals surface area contributed by atoms with E-state index in [0.29, 0.717) is 6.32 Å². The molecule has 0 saturated heterocycles. The molecule has 0 N–H and O–H groups in total. The fourth-order valence-electron chi connectivity index (χ4n) is 0.614. The minimum Gasteiger partial charge on any atom is -0.312 e. The molecule has 0 atom stereocenters. The molecule has 0 aliphatic rings. The molecule has 1 nitrogen and oxygen atoms in total. The maximum Gasteiger partial charge on any atom is 0.0716 e. The van der Waals surface area contributed by atoms with Crippen LogP contribution in [0.4, 0.5) is 0 Å². The van der Waals surface area contributed by atoms with E-state index in [9.17, 15) is 0 Å². The molecule has 0 unspecified atom stereocenters. The van der Waals surface area contributed by atoms with Crippen LogP contribution in [0.3, 0.4) is 0 Å². The van der Waals surface area contributed by atoms with Crippen molar-refractivity contribution in [2.75, 3.05) is 21.1 Å². The Morgan fingerprint density at radius 3 is 1.75 bits per heavy atom. The second-order valence-corrected chi connectivity index (χ2v) is 3.03. The van der Waals surface area contributed by atoms with Crippen LogP contribution < -0.4 is 0 Å². The minimum absolute atomic E-state index is 0.640. The van der Waals surface area contributed by atoms with Gasteiger partial charge in [-0.1, -0.05) is 42.2 Å². The lowest BCUT2D eigenvalue weighted by atomic mass is 9.97. The van der Waals surface area contributed by atoms with Crippen LogP contribution >= 0.6 is 0 Å². The van der Waals surface area contributed by atoms with Crippen molar-refractivity contribution in [2.45, 2.75) is 6.32 Å². The Morgan fingerprint density at radius 1 is 1.08 bits per heavy atom. The summed E-state index contributed by atoms with van der Waals surface area (Å²) < 4.78 is 0. The summed E-state index contributed by atoms with van der Waals surface area (Å²) in [6.07, 6.45) is 0.640. The number of nitrogens with zero attached hydrogens (tertiary/aromatic N) is 1. The first-order valence-electron chi connectivity index (χ1n) is 4.01. The molecule has 0 aliphatic heterocycles. The number of hydrogen-bond acceptors (Lipinski definition) is 1. The monoisotopic (exact) mass is 161 g/mol. The molecule has 2 heteroatoms. The summed E-state index contributed by atoms with van der Waals surface area (Å²) in [7, 11) is 11.3. The summed E-state index contributed by atoms with van der Waals surface area (Å²) >= 11 is 0. The van der Waals surface area contributed by atoms with Gasteiger partial charge in [-0.15, -0.1) is 0 Å². The molecule has 0 fully saturated rings. The molecule has 12 heavy (non-hydrogen) atoms. The van der Waals surface area contributed by atoms with Gasteiger partial charge in [0.1, 0.15) is 0 Å². The van der Waals surface area contributed by atoms with Gasteiger partial charge in [0.25, 0.3) is 0 Å². The Morgan fingerprint density at radius 2 is 1.50 bits per heavy atom. The van der Waals surface area contributed by atoms with Crippen LogP contribution in [0.25, 0.3) is 0 Å². The lowest BCUT2D eigenvalue weighted by Gasteiger charge is -1.90. The Labute approximate surface area is 76.8 Å². The summed E-state index contributed by atoms with van der Waals surface area (Å²) in [5.41, 5.74) is 1.19. The van der Waals surface area contributed by atoms with E-state index in [4.69, 9.17) is 7.85 Å². The molecular weight excluding hydrogens is 145 g/mol. The average molecular weight is 161 g/mol. The van der Waals surface area contributed by atoms with E-state index in [2.05, 4.69) is 0 Å². The lowest BCUT2D eigenvalue weighted by molar-refractivity contribution is 0.505. The van der Waals surface area contributed by atoms with Crippen LogP contribution in [0.2, 0.25) is 0 Å². The van der Waals surface area contributed by atoms with Crippen molar-refractivity contribution >= 4 is 7.85 Å². The highest BCUT2D eigenvalue weighted by Gasteiger charge is 1.79. The van der Waals surface area contributed by atoms with E-state index >= 15 is 0 Å². The highest BCUT2D eigenvalue weighted by Crippen LogP contribution is 1.95. The maximum atomic E-state index is 5.35. The van der Waals surface area contributed by atoms with Gasteiger partial charge in [0, 0.05) is 0 Å². The van der Waals surface area contributed by atoms with Gasteiger partial charge in [-0.3, -0.25) is 0 Å². The van der Waals surface area contributed by atoms with Crippen LogP contribution in [0.5, 0.6) is 0 Å². The van der Waals surface area contributed by atoms with Gasteiger partial charge in [-0.2, -0.15) is 0 Å². The summed E-state index contributed by atoms with van der Waals surface area (Å²) in [4.78, 5) is 2.00. The first-order valence-corrected chi connectivity index (χ1v) is 4.01. The molecule has 2 radical (unpaired) electrons. The molecule has 1 aromatic carbocycles. The first-order chi connectivity index (χ1) is 5.66. The van der Waals surface area contributed by atoms with Crippen molar-refractivity contribution in [3.8, 4) is 0 Å². The molecule has 0 saturated carbocycles. The fourth-order valence-corrected chi connectivity index (χ4v) is 0.614. The summed E-state index contributed by atoms with van der Waals surface area (Å²) in [5.74, 6) is 0. The molecule has 0 heterocycles. The highest BCUT2D eigenvalue weighted by atomic mass is 15.0. The van der Waals surface area contributed by atoms with Crippen LogP contribution in [-0.4, -0.2) is 33.9 Å². The van der Waals surface area contributed by atoms with Crippen LogP contribution in [0, 0.1) is 0 Å². The third kappa shape index (κ3) is 7.35. The highest BCUT2D eigenvalue weighted by molar-refractivity contribution is 6.08. The summed E-state index contributed by atoms with van der Waals surface area (Å²) in [6, 6.07) is 9.99. The second-order valence-electron chi connectivity index (χ2n) is 3.03. The molecule has 0 spiro atoms. The first kappa shape index (κ1) is 11.2. The van der Waals surface area contributed by atoms with Crippen molar-refractivity contribution < 1.29 is 0 Å². The maximum absolute atomic E-state index is 5.35. The van der Waals surface area contributed by atoms with Gasteiger partial charge >= 0.3 is 0 Å². The normalized spacial score (nSPS) is 9.00. The van der Waals surface area contributed by atoms with Crippen LogP contribution in [0.15, 0.2) is 30.3 Å². The largest absolute Gasteiger partial charge is 0.312 e. The predicted octanol–water partition coefficient (Wildman–Crippen LogP) is 1.53. The quantitative estimate of drug-likeness (QED) is 0.564. The van der Waals surface area contributed by atoms with E-state index < -0.39 is 0 Å².